The van der Waals surface area contributed by atoms with Gasteiger partial charge in [0.1, 0.15) is 5.82 Å². The van der Waals surface area contributed by atoms with Crippen molar-refractivity contribution in [3.05, 3.63) is 23.9 Å². The minimum Gasteiger partial charge on any atom is -0.388 e. The van der Waals surface area contributed by atoms with Crippen LogP contribution in [-0.2, 0) is 0 Å². The van der Waals surface area contributed by atoms with Crippen LogP contribution in [-0.4, -0.2) is 24.4 Å². The Kier molecular flexibility index (Phi) is 3.45. The number of aryl methyl sites for hydroxylation is 1. The normalized spacial score (nSPS) is 9.86. The molecule has 3 N–H and O–H groups in total. The fourth-order valence-corrected chi connectivity index (χ4v) is 1.09. The lowest BCUT2D eigenvalue weighted by Gasteiger charge is -2.17. The minimum absolute atomic E-state index is 0.212. The fraction of sp³-hybridized carbons (Fsp3) is 0.400. The van der Waals surface area contributed by atoms with Gasteiger partial charge in [-0.2, -0.15) is 0 Å². The van der Waals surface area contributed by atoms with Crippen molar-refractivity contribution in [3.63, 3.8) is 0 Å². The van der Waals surface area contributed by atoms with E-state index < -0.39 is 0 Å². The third-order valence-electron chi connectivity index (χ3n) is 2.00. The second-order valence-corrected chi connectivity index (χ2v) is 3.39. The van der Waals surface area contributed by atoms with E-state index in [9.17, 15) is 0 Å². The highest BCUT2D eigenvalue weighted by atomic mass is 15.2. The first-order valence-electron chi connectivity index (χ1n) is 4.56. The maximum atomic E-state index is 7.11. The van der Waals surface area contributed by atoms with Crippen LogP contribution in [0.3, 0.4) is 0 Å². The molecule has 0 fully saturated rings. The summed E-state index contributed by atoms with van der Waals surface area (Å²) in [7, 11) is 1.95. The molecular formula is C10H16N4. The van der Waals surface area contributed by atoms with E-state index in [-0.39, 0.29) is 5.84 Å². The predicted molar refractivity (Wildman–Crippen MR) is 58.8 cm³/mol. The van der Waals surface area contributed by atoms with Gasteiger partial charge in [-0.05, 0) is 18.6 Å². The number of nitrogens with two attached hydrogens (primary N) is 1. The molecule has 0 spiro atoms. The zero-order valence-electron chi connectivity index (χ0n) is 8.62. The van der Waals surface area contributed by atoms with E-state index in [2.05, 4.69) is 4.98 Å². The zero-order valence-corrected chi connectivity index (χ0v) is 8.62. The number of nitrogens with one attached hydrogen (secondary N) is 1. The second kappa shape index (κ2) is 4.60. The summed E-state index contributed by atoms with van der Waals surface area (Å²) in [5.41, 5.74) is 6.43. The van der Waals surface area contributed by atoms with Gasteiger partial charge < -0.3 is 10.6 Å². The first-order chi connectivity index (χ1) is 6.59. The van der Waals surface area contributed by atoms with Crippen molar-refractivity contribution in [1.29, 1.82) is 5.41 Å². The highest BCUT2D eigenvalue weighted by Crippen LogP contribution is 2.08. The molecule has 0 radical (unpaired) electrons. The number of pyridine rings is 1. The number of rotatable bonds is 4. The standard InChI is InChI=1S/C10H16N4/c1-8-3-4-10(13-7-8)14(2)6-5-9(11)12/h3-4,7H,5-6H2,1-2H3,(H3,11,12). The number of amidine groups is 1. The molecule has 0 saturated heterocycles. The largest absolute Gasteiger partial charge is 0.388 e. The fourth-order valence-electron chi connectivity index (χ4n) is 1.09. The zero-order chi connectivity index (χ0) is 10.6. The van der Waals surface area contributed by atoms with Crippen LogP contribution < -0.4 is 10.6 Å². The quantitative estimate of drug-likeness (QED) is 0.555. The molecule has 0 atom stereocenters. The van der Waals surface area contributed by atoms with E-state index in [4.69, 9.17) is 11.1 Å². The van der Waals surface area contributed by atoms with Gasteiger partial charge in [-0.1, -0.05) is 6.07 Å². The lowest BCUT2D eigenvalue weighted by Crippen LogP contribution is -2.24. The Bertz CT molecular complexity index is 304. The molecule has 0 aliphatic heterocycles. The first-order valence-corrected chi connectivity index (χ1v) is 4.56. The Labute approximate surface area is 84.3 Å². The van der Waals surface area contributed by atoms with Gasteiger partial charge >= 0.3 is 0 Å². The average Bonchev–Trinajstić information content (AvgIpc) is 2.15. The highest BCUT2D eigenvalue weighted by molar-refractivity contribution is 5.77. The van der Waals surface area contributed by atoms with Crippen LogP contribution in [0.1, 0.15) is 12.0 Å². The summed E-state index contributed by atoms with van der Waals surface area (Å²) in [6, 6.07) is 3.99. The molecule has 1 aromatic rings. The lowest BCUT2D eigenvalue weighted by molar-refractivity contribution is 0.889. The van der Waals surface area contributed by atoms with Gasteiger partial charge in [0.15, 0.2) is 0 Å². The van der Waals surface area contributed by atoms with Crippen molar-refractivity contribution in [1.82, 2.24) is 4.98 Å². The van der Waals surface area contributed by atoms with E-state index in [0.717, 1.165) is 17.9 Å². The molecule has 14 heavy (non-hydrogen) atoms. The van der Waals surface area contributed by atoms with Crippen molar-refractivity contribution in [2.75, 3.05) is 18.5 Å². The van der Waals surface area contributed by atoms with Gasteiger partial charge in [-0.15, -0.1) is 0 Å². The number of nitrogens with zero attached hydrogens (tertiary/aromatic N) is 2. The van der Waals surface area contributed by atoms with Crippen molar-refractivity contribution < 1.29 is 0 Å². The Hall–Kier alpha value is -1.58. The molecule has 76 valence electrons. The van der Waals surface area contributed by atoms with Crippen LogP contribution in [0.15, 0.2) is 18.3 Å². The lowest BCUT2D eigenvalue weighted by atomic mass is 10.3. The number of aromatic nitrogens is 1. The van der Waals surface area contributed by atoms with Gasteiger partial charge in [0.2, 0.25) is 0 Å². The summed E-state index contributed by atoms with van der Waals surface area (Å²) in [5, 5.41) is 7.11. The van der Waals surface area contributed by atoms with Crippen LogP contribution in [0, 0.1) is 12.3 Å². The van der Waals surface area contributed by atoms with Gasteiger partial charge in [0.25, 0.3) is 0 Å². The third-order valence-corrected chi connectivity index (χ3v) is 2.00. The van der Waals surface area contributed by atoms with Crippen LogP contribution in [0.5, 0.6) is 0 Å². The molecule has 1 rings (SSSR count). The van der Waals surface area contributed by atoms with Gasteiger partial charge in [-0.25, -0.2) is 4.98 Å². The molecule has 0 aliphatic carbocycles. The van der Waals surface area contributed by atoms with E-state index >= 15 is 0 Å². The summed E-state index contributed by atoms with van der Waals surface area (Å²) in [5.74, 6) is 1.13. The smallest absolute Gasteiger partial charge is 0.128 e. The topological polar surface area (TPSA) is 66.0 Å². The molecule has 1 aromatic heterocycles. The van der Waals surface area contributed by atoms with Gasteiger partial charge in [0, 0.05) is 26.2 Å². The van der Waals surface area contributed by atoms with Crippen LogP contribution in [0.25, 0.3) is 0 Å². The Morgan fingerprint density at radius 1 is 1.57 bits per heavy atom. The van der Waals surface area contributed by atoms with Crippen LogP contribution in [0.2, 0.25) is 0 Å². The first kappa shape index (κ1) is 10.5. The second-order valence-electron chi connectivity index (χ2n) is 3.39. The SMILES string of the molecule is Cc1ccc(N(C)CCC(=N)N)nc1. The molecule has 0 aliphatic rings. The van der Waals surface area contributed by atoms with Gasteiger partial charge in [0.05, 0.1) is 5.84 Å². The predicted octanol–water partition coefficient (Wildman–Crippen LogP) is 1.15. The molecule has 1 heterocycles. The third kappa shape index (κ3) is 3.05. The molecule has 0 unspecified atom stereocenters. The molecule has 0 saturated carbocycles. The van der Waals surface area contributed by atoms with Crippen molar-refractivity contribution in [2.24, 2.45) is 5.73 Å². The molecule has 4 nitrogen and oxygen atoms in total. The maximum Gasteiger partial charge on any atom is 0.128 e. The van der Waals surface area contributed by atoms with E-state index in [1.165, 1.54) is 0 Å². The summed E-state index contributed by atoms with van der Waals surface area (Å²) >= 11 is 0. The molecule has 0 bridgehead atoms. The summed E-state index contributed by atoms with van der Waals surface area (Å²) < 4.78 is 0. The summed E-state index contributed by atoms with van der Waals surface area (Å²) in [4.78, 5) is 6.26. The van der Waals surface area contributed by atoms with Crippen molar-refractivity contribution in [2.45, 2.75) is 13.3 Å². The highest BCUT2D eigenvalue weighted by Gasteiger charge is 2.01. The monoisotopic (exact) mass is 192 g/mol. The molecule has 4 heteroatoms. The molecule has 0 aromatic carbocycles. The van der Waals surface area contributed by atoms with E-state index in [1.54, 1.807) is 0 Å². The van der Waals surface area contributed by atoms with Crippen molar-refractivity contribution >= 4 is 11.7 Å². The Morgan fingerprint density at radius 3 is 2.79 bits per heavy atom. The minimum atomic E-state index is 0.212. The Balaban J connectivity index is 2.56. The van der Waals surface area contributed by atoms with Gasteiger partial charge in [-0.3, -0.25) is 5.41 Å². The summed E-state index contributed by atoms with van der Waals surface area (Å²) in [6.45, 7) is 2.73. The van der Waals surface area contributed by atoms with Crippen LogP contribution in [0.4, 0.5) is 5.82 Å². The van der Waals surface area contributed by atoms with E-state index in [1.807, 2.05) is 37.2 Å². The number of anilines is 1. The maximum absolute atomic E-state index is 7.11. The summed E-state index contributed by atoms with van der Waals surface area (Å²) in [6.07, 6.45) is 2.41. The van der Waals surface area contributed by atoms with Crippen molar-refractivity contribution in [3.8, 4) is 0 Å². The van der Waals surface area contributed by atoms with E-state index in [0.29, 0.717) is 6.42 Å². The average molecular weight is 192 g/mol. The Morgan fingerprint density at radius 2 is 2.29 bits per heavy atom. The van der Waals surface area contributed by atoms with Crippen LogP contribution >= 0.6 is 0 Å². The number of hydrogen-bond donors (Lipinski definition) is 2. The molecular weight excluding hydrogens is 176 g/mol. The molecule has 0 amide bonds. The number of hydrogen-bond acceptors (Lipinski definition) is 3.